The van der Waals surface area contributed by atoms with Crippen LogP contribution in [0, 0.1) is 17.8 Å². The molecule has 1 heterocycles. The van der Waals surface area contributed by atoms with Crippen molar-refractivity contribution in [3.63, 3.8) is 0 Å². The van der Waals surface area contributed by atoms with Gasteiger partial charge in [0.2, 0.25) is 5.91 Å². The van der Waals surface area contributed by atoms with Crippen molar-refractivity contribution in [3.05, 3.63) is 21.9 Å². The third-order valence-electron chi connectivity index (χ3n) is 3.24. The number of hydrogen-bond acceptors (Lipinski definition) is 3. The van der Waals surface area contributed by atoms with Crippen LogP contribution >= 0.6 is 11.3 Å². The molecule has 1 amide bonds. The summed E-state index contributed by atoms with van der Waals surface area (Å²) in [7, 11) is 0. The first kappa shape index (κ1) is 16.7. The Bertz CT molecular complexity index is 470. The number of nitrogens with one attached hydrogen (secondary N) is 1. The lowest BCUT2D eigenvalue weighted by atomic mass is 9.98. The standard InChI is InChI=1S/C16H23NO2S/c1-3-5-7-13(4-2)16(19)17-12-15-14(8-6-10-18)9-11-20-15/h9,11,13,18H,3-5,7,10,12H2,1-2H3,(H,17,19). The van der Waals surface area contributed by atoms with E-state index in [4.69, 9.17) is 5.11 Å². The molecule has 20 heavy (non-hydrogen) atoms. The van der Waals surface area contributed by atoms with Gasteiger partial charge in [-0.05, 0) is 24.3 Å². The summed E-state index contributed by atoms with van der Waals surface area (Å²) in [5.74, 6) is 5.79. The molecule has 1 unspecified atom stereocenters. The van der Waals surface area contributed by atoms with Crippen LogP contribution in [0.4, 0.5) is 0 Å². The third-order valence-corrected chi connectivity index (χ3v) is 4.16. The monoisotopic (exact) mass is 293 g/mol. The minimum Gasteiger partial charge on any atom is -0.384 e. The summed E-state index contributed by atoms with van der Waals surface area (Å²) in [6.07, 6.45) is 4.06. The maximum atomic E-state index is 12.1. The average Bonchev–Trinajstić information content (AvgIpc) is 2.91. The van der Waals surface area contributed by atoms with Crippen molar-refractivity contribution in [1.82, 2.24) is 5.32 Å². The van der Waals surface area contributed by atoms with Crippen LogP contribution in [-0.2, 0) is 11.3 Å². The van der Waals surface area contributed by atoms with E-state index < -0.39 is 0 Å². The van der Waals surface area contributed by atoms with E-state index in [2.05, 4.69) is 31.0 Å². The van der Waals surface area contributed by atoms with Gasteiger partial charge >= 0.3 is 0 Å². The molecule has 0 aliphatic rings. The second-order valence-corrected chi connectivity index (χ2v) is 5.68. The Hall–Kier alpha value is -1.31. The van der Waals surface area contributed by atoms with E-state index in [1.807, 2.05) is 11.4 Å². The minimum absolute atomic E-state index is 0.113. The average molecular weight is 293 g/mol. The minimum atomic E-state index is -0.142. The van der Waals surface area contributed by atoms with Gasteiger partial charge in [-0.3, -0.25) is 4.79 Å². The van der Waals surface area contributed by atoms with Crippen LogP contribution < -0.4 is 5.32 Å². The highest BCUT2D eigenvalue weighted by Gasteiger charge is 2.15. The maximum absolute atomic E-state index is 12.1. The first-order chi connectivity index (χ1) is 9.72. The fourth-order valence-corrected chi connectivity index (χ4v) is 2.78. The van der Waals surface area contributed by atoms with Crippen molar-refractivity contribution in [2.45, 2.75) is 46.1 Å². The van der Waals surface area contributed by atoms with Gasteiger partial charge in [0.25, 0.3) is 0 Å². The van der Waals surface area contributed by atoms with Crippen LogP contribution in [0.2, 0.25) is 0 Å². The zero-order chi connectivity index (χ0) is 14.8. The summed E-state index contributed by atoms with van der Waals surface area (Å²) in [6.45, 7) is 4.58. The van der Waals surface area contributed by atoms with Gasteiger partial charge in [-0.2, -0.15) is 0 Å². The largest absolute Gasteiger partial charge is 0.384 e. The van der Waals surface area contributed by atoms with Gasteiger partial charge < -0.3 is 10.4 Å². The van der Waals surface area contributed by atoms with Crippen LogP contribution in [0.15, 0.2) is 11.4 Å². The van der Waals surface area contributed by atoms with E-state index in [1.54, 1.807) is 11.3 Å². The molecule has 2 N–H and O–H groups in total. The van der Waals surface area contributed by atoms with E-state index >= 15 is 0 Å². The van der Waals surface area contributed by atoms with E-state index in [0.717, 1.165) is 36.1 Å². The number of aliphatic hydroxyl groups is 1. The van der Waals surface area contributed by atoms with E-state index in [0.29, 0.717) is 6.54 Å². The number of rotatable bonds is 7. The zero-order valence-electron chi connectivity index (χ0n) is 12.2. The molecule has 1 rings (SSSR count). The van der Waals surface area contributed by atoms with Crippen molar-refractivity contribution in [2.75, 3.05) is 6.61 Å². The van der Waals surface area contributed by atoms with Gasteiger partial charge in [-0.25, -0.2) is 0 Å². The Balaban J connectivity index is 2.53. The number of carbonyl (C=O) groups excluding carboxylic acids is 1. The maximum Gasteiger partial charge on any atom is 0.223 e. The highest BCUT2D eigenvalue weighted by atomic mass is 32.1. The van der Waals surface area contributed by atoms with Crippen LogP contribution in [0.1, 0.15) is 50.0 Å². The predicted octanol–water partition coefficient (Wildman–Crippen LogP) is 2.92. The molecule has 0 radical (unpaired) electrons. The lowest BCUT2D eigenvalue weighted by Gasteiger charge is -2.14. The van der Waals surface area contributed by atoms with Gasteiger partial charge in [0.1, 0.15) is 6.61 Å². The number of thiophene rings is 1. The molecular weight excluding hydrogens is 270 g/mol. The Morgan fingerprint density at radius 3 is 2.95 bits per heavy atom. The summed E-state index contributed by atoms with van der Waals surface area (Å²) < 4.78 is 0. The fourth-order valence-electron chi connectivity index (χ4n) is 2.01. The summed E-state index contributed by atoms with van der Waals surface area (Å²) in [4.78, 5) is 13.2. The van der Waals surface area contributed by atoms with Gasteiger partial charge in [0.15, 0.2) is 0 Å². The molecule has 4 heteroatoms. The van der Waals surface area contributed by atoms with Crippen molar-refractivity contribution >= 4 is 17.2 Å². The summed E-state index contributed by atoms with van der Waals surface area (Å²) >= 11 is 1.58. The number of hydrogen-bond donors (Lipinski definition) is 2. The van der Waals surface area contributed by atoms with Crippen molar-refractivity contribution in [1.29, 1.82) is 0 Å². The highest BCUT2D eigenvalue weighted by Crippen LogP contribution is 2.17. The molecule has 0 spiro atoms. The van der Waals surface area contributed by atoms with E-state index in [1.165, 1.54) is 0 Å². The van der Waals surface area contributed by atoms with Crippen LogP contribution in [0.25, 0.3) is 0 Å². The number of amides is 1. The molecule has 110 valence electrons. The molecule has 0 fully saturated rings. The first-order valence-corrected chi connectivity index (χ1v) is 8.04. The Morgan fingerprint density at radius 2 is 2.30 bits per heavy atom. The molecule has 0 saturated carbocycles. The summed E-state index contributed by atoms with van der Waals surface area (Å²) in [5, 5.41) is 13.7. The Kier molecular flexibility index (Phi) is 8.01. The molecule has 3 nitrogen and oxygen atoms in total. The lowest BCUT2D eigenvalue weighted by molar-refractivity contribution is -0.125. The zero-order valence-corrected chi connectivity index (χ0v) is 13.1. The highest BCUT2D eigenvalue weighted by molar-refractivity contribution is 7.10. The van der Waals surface area contributed by atoms with Gasteiger partial charge in [-0.1, -0.05) is 38.5 Å². The van der Waals surface area contributed by atoms with Crippen LogP contribution in [0.3, 0.4) is 0 Å². The molecule has 1 aromatic rings. The van der Waals surface area contributed by atoms with Crippen molar-refractivity contribution < 1.29 is 9.90 Å². The molecule has 1 aromatic heterocycles. The quantitative estimate of drug-likeness (QED) is 0.759. The van der Waals surface area contributed by atoms with Gasteiger partial charge in [-0.15, -0.1) is 11.3 Å². The van der Waals surface area contributed by atoms with Crippen molar-refractivity contribution in [2.24, 2.45) is 5.92 Å². The normalized spacial score (nSPS) is 11.6. The molecular formula is C16H23NO2S. The number of unbranched alkanes of at least 4 members (excludes halogenated alkanes) is 1. The Labute approximate surface area is 125 Å². The molecule has 0 aliphatic heterocycles. The van der Waals surface area contributed by atoms with Crippen LogP contribution in [0.5, 0.6) is 0 Å². The first-order valence-electron chi connectivity index (χ1n) is 7.16. The number of carbonyl (C=O) groups is 1. The van der Waals surface area contributed by atoms with Crippen molar-refractivity contribution in [3.8, 4) is 11.8 Å². The SMILES string of the molecule is CCCCC(CC)C(=O)NCc1sccc1C#CCO. The topological polar surface area (TPSA) is 49.3 Å². The van der Waals surface area contributed by atoms with Gasteiger partial charge in [0.05, 0.1) is 6.54 Å². The molecule has 0 saturated heterocycles. The third kappa shape index (κ3) is 5.36. The summed E-state index contributed by atoms with van der Waals surface area (Å²) in [6, 6.07) is 1.92. The fraction of sp³-hybridized carbons (Fsp3) is 0.562. The van der Waals surface area contributed by atoms with E-state index in [-0.39, 0.29) is 18.4 Å². The second-order valence-electron chi connectivity index (χ2n) is 4.68. The molecule has 1 atom stereocenters. The van der Waals surface area contributed by atoms with E-state index in [9.17, 15) is 4.79 Å². The van der Waals surface area contributed by atoms with Crippen LogP contribution in [-0.4, -0.2) is 17.6 Å². The number of aliphatic hydroxyl groups excluding tert-OH is 1. The predicted molar refractivity (Wildman–Crippen MR) is 83.4 cm³/mol. The van der Waals surface area contributed by atoms with Gasteiger partial charge in [0, 0.05) is 16.4 Å². The second kappa shape index (κ2) is 9.57. The molecule has 0 aliphatic carbocycles. The molecule has 0 bridgehead atoms. The molecule has 0 aromatic carbocycles. The lowest BCUT2D eigenvalue weighted by Crippen LogP contribution is -2.29. The smallest absolute Gasteiger partial charge is 0.223 e. The Morgan fingerprint density at radius 1 is 1.50 bits per heavy atom. The summed E-state index contributed by atoms with van der Waals surface area (Å²) in [5.41, 5.74) is 0.894.